The zero-order valence-electron chi connectivity index (χ0n) is 27.7. The van der Waals surface area contributed by atoms with Crippen LogP contribution in [-0.4, -0.2) is 51.8 Å². The lowest BCUT2D eigenvalue weighted by Crippen LogP contribution is -2.45. The summed E-state index contributed by atoms with van der Waals surface area (Å²) in [5.41, 5.74) is 4.18. The number of hydrogen-bond acceptors (Lipinski definition) is 6. The summed E-state index contributed by atoms with van der Waals surface area (Å²) < 4.78 is 18.8. The van der Waals surface area contributed by atoms with Gasteiger partial charge in [-0.05, 0) is 113 Å². The third kappa shape index (κ3) is 9.71. The number of nitrogens with zero attached hydrogens (tertiary/aromatic N) is 3. The first-order valence-electron chi connectivity index (χ1n) is 15.9. The van der Waals surface area contributed by atoms with Crippen LogP contribution in [0, 0.1) is 17.2 Å². The van der Waals surface area contributed by atoms with Crippen molar-refractivity contribution in [2.45, 2.75) is 72.4 Å². The summed E-state index contributed by atoms with van der Waals surface area (Å²) in [6.07, 6.45) is 2.42. The van der Waals surface area contributed by atoms with Gasteiger partial charge in [0.15, 0.2) is 0 Å². The van der Waals surface area contributed by atoms with Crippen molar-refractivity contribution in [3.05, 3.63) is 94.3 Å². The van der Waals surface area contributed by atoms with Gasteiger partial charge in [-0.1, -0.05) is 73.1 Å². The number of rotatable bonds is 9. The molecule has 1 saturated heterocycles. The van der Waals surface area contributed by atoms with Crippen molar-refractivity contribution in [2.24, 2.45) is 11.3 Å². The maximum Gasteiger partial charge on any atom is 0.310 e. The van der Waals surface area contributed by atoms with Gasteiger partial charge in [0.2, 0.25) is 5.82 Å². The Kier molecular flexibility index (Phi) is 11.8. The molecule has 246 valence electrons. The first-order chi connectivity index (χ1) is 21.8. The summed E-state index contributed by atoms with van der Waals surface area (Å²) >= 11 is 6.48. The number of benzene rings is 3. The summed E-state index contributed by atoms with van der Waals surface area (Å²) in [7, 11) is 1.96. The smallest absolute Gasteiger partial charge is 0.310 e. The Morgan fingerprint density at radius 2 is 1.61 bits per heavy atom. The second-order valence-corrected chi connectivity index (χ2v) is 14.1. The lowest BCUT2D eigenvalue weighted by Gasteiger charge is -2.39. The highest BCUT2D eigenvalue weighted by Gasteiger charge is 2.41. The summed E-state index contributed by atoms with van der Waals surface area (Å²) in [6, 6.07) is 20.0. The molecule has 0 amide bonds. The van der Waals surface area contributed by atoms with Gasteiger partial charge in [0, 0.05) is 28.2 Å². The molecule has 0 atom stereocenters. The SMILES string of the molecule is CC(C)Cc1ccc(-c2nc(-c3ccc(CN4CCC(Cc5ccc(F)cc5)(C(=O)O)CC4)cc3)no2)cc1Cl.CNC(C)(C)C. The normalized spacial score (nSPS) is 15.0. The monoisotopic (exact) mass is 648 g/mol. The molecule has 4 aromatic rings. The van der Waals surface area contributed by atoms with Crippen molar-refractivity contribution < 1.29 is 18.8 Å². The molecule has 2 heterocycles. The Balaban J connectivity index is 0.000000731. The molecule has 1 fully saturated rings. The summed E-state index contributed by atoms with van der Waals surface area (Å²) in [6.45, 7) is 12.8. The fourth-order valence-electron chi connectivity index (χ4n) is 5.36. The second-order valence-electron chi connectivity index (χ2n) is 13.7. The molecule has 0 aliphatic carbocycles. The molecular formula is C37H46ClFN4O3. The van der Waals surface area contributed by atoms with Gasteiger partial charge in [0.25, 0.3) is 5.89 Å². The molecular weight excluding hydrogens is 603 g/mol. The van der Waals surface area contributed by atoms with Crippen molar-refractivity contribution in [2.75, 3.05) is 20.1 Å². The maximum atomic E-state index is 13.3. The van der Waals surface area contributed by atoms with Crippen LogP contribution in [0.4, 0.5) is 4.39 Å². The van der Waals surface area contributed by atoms with E-state index >= 15 is 0 Å². The van der Waals surface area contributed by atoms with Crippen molar-refractivity contribution in [3.8, 4) is 22.8 Å². The van der Waals surface area contributed by atoms with Gasteiger partial charge in [0.1, 0.15) is 5.82 Å². The van der Waals surface area contributed by atoms with E-state index in [1.807, 2.05) is 49.5 Å². The molecule has 7 nitrogen and oxygen atoms in total. The average Bonchev–Trinajstić information content (AvgIpc) is 3.51. The topological polar surface area (TPSA) is 91.5 Å². The third-order valence-corrected chi connectivity index (χ3v) is 8.80. The van der Waals surface area contributed by atoms with E-state index in [1.165, 1.54) is 12.1 Å². The molecule has 0 unspecified atom stereocenters. The molecule has 5 rings (SSSR count). The van der Waals surface area contributed by atoms with Crippen molar-refractivity contribution in [1.29, 1.82) is 0 Å². The maximum absolute atomic E-state index is 13.3. The minimum atomic E-state index is -0.826. The van der Waals surface area contributed by atoms with E-state index in [1.54, 1.807) is 12.1 Å². The first-order valence-corrected chi connectivity index (χ1v) is 16.3. The van der Waals surface area contributed by atoms with Gasteiger partial charge in [-0.2, -0.15) is 4.98 Å². The summed E-state index contributed by atoms with van der Waals surface area (Å²) in [4.78, 5) is 19.1. The molecule has 0 radical (unpaired) electrons. The number of aliphatic carboxylic acids is 1. The van der Waals surface area contributed by atoms with Gasteiger partial charge in [-0.15, -0.1) is 0 Å². The molecule has 1 aliphatic rings. The zero-order valence-corrected chi connectivity index (χ0v) is 28.5. The minimum absolute atomic E-state index is 0.292. The van der Waals surface area contributed by atoms with Crippen LogP contribution in [0.1, 0.15) is 64.2 Å². The van der Waals surface area contributed by atoms with E-state index in [4.69, 9.17) is 16.1 Å². The largest absolute Gasteiger partial charge is 0.481 e. The van der Waals surface area contributed by atoms with Crippen molar-refractivity contribution in [3.63, 3.8) is 0 Å². The van der Waals surface area contributed by atoms with Crippen molar-refractivity contribution in [1.82, 2.24) is 20.4 Å². The summed E-state index contributed by atoms with van der Waals surface area (Å²) in [5, 5.41) is 18.0. The van der Waals surface area contributed by atoms with E-state index in [0.717, 1.165) is 40.8 Å². The van der Waals surface area contributed by atoms with Gasteiger partial charge >= 0.3 is 5.97 Å². The van der Waals surface area contributed by atoms with Crippen LogP contribution in [0.25, 0.3) is 22.8 Å². The molecule has 3 aromatic carbocycles. The molecule has 0 bridgehead atoms. The van der Waals surface area contributed by atoms with E-state index in [2.05, 4.69) is 55.0 Å². The number of carboxylic acids is 1. The Morgan fingerprint density at radius 3 is 2.15 bits per heavy atom. The van der Waals surface area contributed by atoms with E-state index in [-0.39, 0.29) is 5.82 Å². The average molecular weight is 649 g/mol. The van der Waals surface area contributed by atoms with Crippen LogP contribution < -0.4 is 5.32 Å². The van der Waals surface area contributed by atoms with Crippen LogP contribution in [-0.2, 0) is 24.2 Å². The number of carbonyl (C=O) groups is 1. The minimum Gasteiger partial charge on any atom is -0.481 e. The second kappa shape index (κ2) is 15.3. The zero-order chi connectivity index (χ0) is 33.5. The predicted molar refractivity (Wildman–Crippen MR) is 182 cm³/mol. The number of nitrogens with one attached hydrogen (secondary N) is 1. The third-order valence-electron chi connectivity index (χ3n) is 8.45. The fraction of sp³-hybridized carbons (Fsp3) is 0.432. The Hall–Kier alpha value is -3.59. The van der Waals surface area contributed by atoms with Crippen LogP contribution in [0.5, 0.6) is 0 Å². The molecule has 1 aromatic heterocycles. The predicted octanol–water partition coefficient (Wildman–Crippen LogP) is 8.31. The molecule has 0 spiro atoms. The quantitative estimate of drug-likeness (QED) is 0.189. The molecule has 1 aliphatic heterocycles. The Bertz CT molecular complexity index is 1570. The highest BCUT2D eigenvalue weighted by atomic mass is 35.5. The number of aromatic nitrogens is 2. The first kappa shape index (κ1) is 35.3. The lowest BCUT2D eigenvalue weighted by molar-refractivity contribution is -0.152. The van der Waals surface area contributed by atoms with Gasteiger partial charge < -0.3 is 14.9 Å². The Morgan fingerprint density at radius 1 is 1.02 bits per heavy atom. The Labute approximate surface area is 277 Å². The molecule has 0 saturated carbocycles. The number of hydrogen-bond donors (Lipinski definition) is 2. The standard InChI is InChI=1S/C32H33ClFN3O3.C5H13N/c1-21(2)17-25-9-10-26(18-28(25)33)30-35-29(36-40-30)24-7-3-23(4-8-24)20-37-15-13-32(14-16-37,31(38)39)19-22-5-11-27(34)12-6-22;1-5(2,3)6-4/h3-12,18,21H,13-17,19-20H2,1-2H3,(H,38,39);6H,1-4H3. The van der Waals surface area contributed by atoms with Crippen molar-refractivity contribution >= 4 is 17.6 Å². The highest BCUT2D eigenvalue weighted by Crippen LogP contribution is 2.36. The van der Waals surface area contributed by atoms with E-state index in [9.17, 15) is 14.3 Å². The van der Waals surface area contributed by atoms with Gasteiger partial charge in [-0.3, -0.25) is 9.69 Å². The number of piperidine rings is 1. The van der Waals surface area contributed by atoms with Crippen LogP contribution >= 0.6 is 11.6 Å². The number of carboxylic acid groups (broad SMARTS) is 1. The molecule has 2 N–H and O–H groups in total. The van der Waals surface area contributed by atoms with E-state index < -0.39 is 11.4 Å². The van der Waals surface area contributed by atoms with Crippen LogP contribution in [0.3, 0.4) is 0 Å². The number of likely N-dealkylation sites (tertiary alicyclic amines) is 1. The lowest BCUT2D eigenvalue weighted by atomic mass is 9.74. The highest BCUT2D eigenvalue weighted by molar-refractivity contribution is 6.31. The van der Waals surface area contributed by atoms with E-state index in [0.29, 0.717) is 60.5 Å². The van der Waals surface area contributed by atoms with Gasteiger partial charge in [-0.25, -0.2) is 4.39 Å². The molecule has 9 heteroatoms. The van der Waals surface area contributed by atoms with Crippen LogP contribution in [0.2, 0.25) is 5.02 Å². The van der Waals surface area contributed by atoms with Crippen LogP contribution in [0.15, 0.2) is 71.3 Å². The summed E-state index contributed by atoms with van der Waals surface area (Å²) in [5.74, 6) is 0.351. The number of halogens is 2. The van der Waals surface area contributed by atoms with Gasteiger partial charge in [0.05, 0.1) is 5.41 Å². The fourth-order valence-corrected chi connectivity index (χ4v) is 5.62. The molecule has 46 heavy (non-hydrogen) atoms.